The van der Waals surface area contributed by atoms with Crippen molar-refractivity contribution in [3.05, 3.63) is 36.4 Å². The number of ether oxygens (including phenoxy) is 2. The van der Waals surface area contributed by atoms with Gasteiger partial charge >= 0.3 is 0 Å². The molecule has 4 nitrogen and oxygen atoms in total. The van der Waals surface area contributed by atoms with E-state index in [1.807, 2.05) is 43.3 Å². The van der Waals surface area contributed by atoms with E-state index in [0.717, 1.165) is 60.7 Å². The molecule has 2 aromatic carbocycles. The fraction of sp³-hybridized carbons (Fsp3) is 0.542. The van der Waals surface area contributed by atoms with Gasteiger partial charge in [-0.3, -0.25) is 4.79 Å². The summed E-state index contributed by atoms with van der Waals surface area (Å²) in [6.07, 6.45) is 5.89. The van der Waals surface area contributed by atoms with E-state index in [4.69, 9.17) is 9.47 Å². The standard InChI is InChI=1S/C24H33NO3/c1-4-6-16-27-22-14-13-21(19-11-7-8-12-20(19)22)25-23(26)24(28-5-2)15-9-10-18(3)17-24/h7-8,11-14,18H,4-6,9-10,15-17H2,1-3H3,(H,25,26)/t18-,24+/m1/s1. The summed E-state index contributed by atoms with van der Waals surface area (Å²) >= 11 is 0. The largest absolute Gasteiger partial charge is 0.493 e. The monoisotopic (exact) mass is 383 g/mol. The van der Waals surface area contributed by atoms with Gasteiger partial charge in [-0.2, -0.15) is 0 Å². The number of amides is 1. The van der Waals surface area contributed by atoms with Crippen LogP contribution in [0.25, 0.3) is 10.8 Å². The second-order valence-electron chi connectivity index (χ2n) is 7.94. The molecule has 0 radical (unpaired) electrons. The highest BCUT2D eigenvalue weighted by molar-refractivity contribution is 6.06. The van der Waals surface area contributed by atoms with Crippen LogP contribution in [0, 0.1) is 5.92 Å². The molecule has 1 N–H and O–H groups in total. The molecule has 0 aromatic heterocycles. The molecule has 0 spiro atoms. The van der Waals surface area contributed by atoms with Crippen LogP contribution in [0.5, 0.6) is 5.75 Å². The number of fused-ring (bicyclic) bond motifs is 1. The minimum atomic E-state index is -0.718. The van der Waals surface area contributed by atoms with Gasteiger partial charge in [0.25, 0.3) is 5.91 Å². The molecule has 1 aliphatic carbocycles. The van der Waals surface area contributed by atoms with Gasteiger partial charge in [-0.15, -0.1) is 0 Å². The van der Waals surface area contributed by atoms with E-state index in [9.17, 15) is 4.79 Å². The van der Waals surface area contributed by atoms with Gasteiger partial charge in [-0.1, -0.05) is 51.0 Å². The van der Waals surface area contributed by atoms with Crippen LogP contribution in [0.1, 0.15) is 59.3 Å². The maximum Gasteiger partial charge on any atom is 0.256 e. The van der Waals surface area contributed by atoms with Crippen molar-refractivity contribution in [1.29, 1.82) is 0 Å². The first-order valence-electron chi connectivity index (χ1n) is 10.7. The highest BCUT2D eigenvalue weighted by Crippen LogP contribution is 2.38. The number of unbranched alkanes of at least 4 members (excludes halogenated alkanes) is 1. The van der Waals surface area contributed by atoms with Crippen LogP contribution in [0.15, 0.2) is 36.4 Å². The number of nitrogens with one attached hydrogen (secondary N) is 1. The van der Waals surface area contributed by atoms with E-state index >= 15 is 0 Å². The minimum absolute atomic E-state index is 0.0225. The van der Waals surface area contributed by atoms with Crippen LogP contribution < -0.4 is 10.1 Å². The molecule has 1 fully saturated rings. The summed E-state index contributed by atoms with van der Waals surface area (Å²) < 4.78 is 12.0. The van der Waals surface area contributed by atoms with Crippen molar-refractivity contribution in [2.24, 2.45) is 5.92 Å². The number of carbonyl (C=O) groups is 1. The number of benzene rings is 2. The molecule has 1 saturated carbocycles. The molecule has 152 valence electrons. The van der Waals surface area contributed by atoms with Gasteiger partial charge in [-0.25, -0.2) is 0 Å². The topological polar surface area (TPSA) is 47.6 Å². The van der Waals surface area contributed by atoms with Crippen molar-refractivity contribution >= 4 is 22.4 Å². The molecule has 0 heterocycles. The third-order valence-electron chi connectivity index (χ3n) is 5.68. The smallest absolute Gasteiger partial charge is 0.256 e. The fourth-order valence-corrected chi connectivity index (χ4v) is 4.25. The Kier molecular flexibility index (Phi) is 6.95. The van der Waals surface area contributed by atoms with Gasteiger partial charge < -0.3 is 14.8 Å². The van der Waals surface area contributed by atoms with Crippen LogP contribution in [0.3, 0.4) is 0 Å². The first kappa shape index (κ1) is 20.7. The van der Waals surface area contributed by atoms with Crippen molar-refractivity contribution in [3.8, 4) is 5.75 Å². The van der Waals surface area contributed by atoms with Crippen molar-refractivity contribution in [2.45, 2.75) is 64.9 Å². The molecule has 1 aliphatic rings. The molecule has 0 unspecified atom stereocenters. The number of hydrogen-bond acceptors (Lipinski definition) is 3. The van der Waals surface area contributed by atoms with Gasteiger partial charge in [0, 0.05) is 23.1 Å². The Labute approximate surface area is 168 Å². The van der Waals surface area contributed by atoms with Crippen LogP contribution in [0.2, 0.25) is 0 Å². The second-order valence-corrected chi connectivity index (χ2v) is 7.94. The zero-order valence-electron chi connectivity index (χ0n) is 17.4. The van der Waals surface area contributed by atoms with Gasteiger partial charge in [0.2, 0.25) is 0 Å². The predicted octanol–water partition coefficient (Wildman–Crippen LogP) is 5.94. The third kappa shape index (κ3) is 4.49. The average Bonchev–Trinajstić information content (AvgIpc) is 2.70. The number of anilines is 1. The van der Waals surface area contributed by atoms with Crippen LogP contribution in [0.4, 0.5) is 5.69 Å². The van der Waals surface area contributed by atoms with E-state index in [1.54, 1.807) is 0 Å². The first-order chi connectivity index (χ1) is 13.6. The minimum Gasteiger partial charge on any atom is -0.493 e. The van der Waals surface area contributed by atoms with E-state index in [1.165, 1.54) is 0 Å². The van der Waals surface area contributed by atoms with E-state index < -0.39 is 5.60 Å². The lowest BCUT2D eigenvalue weighted by Crippen LogP contribution is -2.48. The Morgan fingerprint density at radius 3 is 2.68 bits per heavy atom. The van der Waals surface area contributed by atoms with Crippen molar-refractivity contribution in [3.63, 3.8) is 0 Å². The molecule has 2 aromatic rings. The fourth-order valence-electron chi connectivity index (χ4n) is 4.25. The number of rotatable bonds is 8. The molecular formula is C24H33NO3. The van der Waals surface area contributed by atoms with Crippen molar-refractivity contribution < 1.29 is 14.3 Å². The Morgan fingerprint density at radius 1 is 1.18 bits per heavy atom. The van der Waals surface area contributed by atoms with Gasteiger partial charge in [0.1, 0.15) is 11.4 Å². The lowest BCUT2D eigenvalue weighted by atomic mass is 9.78. The summed E-state index contributed by atoms with van der Waals surface area (Å²) in [4.78, 5) is 13.3. The highest BCUT2D eigenvalue weighted by atomic mass is 16.5. The lowest BCUT2D eigenvalue weighted by molar-refractivity contribution is -0.147. The normalized spacial score (nSPS) is 22.2. The molecule has 28 heavy (non-hydrogen) atoms. The summed E-state index contributed by atoms with van der Waals surface area (Å²) in [7, 11) is 0. The quantitative estimate of drug-likeness (QED) is 0.574. The highest BCUT2D eigenvalue weighted by Gasteiger charge is 2.42. The third-order valence-corrected chi connectivity index (χ3v) is 5.68. The molecule has 0 bridgehead atoms. The van der Waals surface area contributed by atoms with E-state index in [2.05, 4.69) is 19.2 Å². The second kappa shape index (κ2) is 9.42. The zero-order chi connectivity index (χ0) is 20.0. The molecule has 0 saturated heterocycles. The molecule has 0 aliphatic heterocycles. The summed E-state index contributed by atoms with van der Waals surface area (Å²) in [5, 5.41) is 5.20. The number of hydrogen-bond donors (Lipinski definition) is 1. The summed E-state index contributed by atoms with van der Waals surface area (Å²) in [5.41, 5.74) is 0.102. The van der Waals surface area contributed by atoms with Crippen LogP contribution in [-0.4, -0.2) is 24.7 Å². The van der Waals surface area contributed by atoms with Gasteiger partial charge in [0.05, 0.1) is 6.61 Å². The first-order valence-corrected chi connectivity index (χ1v) is 10.7. The average molecular weight is 384 g/mol. The van der Waals surface area contributed by atoms with E-state index in [0.29, 0.717) is 19.1 Å². The SMILES string of the molecule is CCCCOc1ccc(NC(=O)[C@]2(OCC)CCC[C@@H](C)C2)c2ccccc12. The van der Waals surface area contributed by atoms with Crippen molar-refractivity contribution in [1.82, 2.24) is 0 Å². The Hall–Kier alpha value is -2.07. The molecule has 2 atom stereocenters. The Bertz CT molecular complexity index is 800. The van der Waals surface area contributed by atoms with Crippen LogP contribution in [-0.2, 0) is 9.53 Å². The summed E-state index contributed by atoms with van der Waals surface area (Å²) in [5.74, 6) is 1.34. The molecule has 3 rings (SSSR count). The lowest BCUT2D eigenvalue weighted by Gasteiger charge is -2.38. The van der Waals surface area contributed by atoms with Gasteiger partial charge in [-0.05, 0) is 50.7 Å². The van der Waals surface area contributed by atoms with E-state index in [-0.39, 0.29) is 5.91 Å². The Balaban J connectivity index is 1.87. The molecular weight excluding hydrogens is 350 g/mol. The maximum atomic E-state index is 13.3. The predicted molar refractivity (Wildman–Crippen MR) is 115 cm³/mol. The van der Waals surface area contributed by atoms with Crippen LogP contribution >= 0.6 is 0 Å². The van der Waals surface area contributed by atoms with Gasteiger partial charge in [0.15, 0.2) is 0 Å². The summed E-state index contributed by atoms with van der Waals surface area (Å²) in [6, 6.07) is 12.0. The summed E-state index contributed by atoms with van der Waals surface area (Å²) in [6.45, 7) is 7.58. The number of carbonyl (C=O) groups excluding carboxylic acids is 1. The van der Waals surface area contributed by atoms with Crippen molar-refractivity contribution in [2.75, 3.05) is 18.5 Å². The maximum absolute atomic E-state index is 13.3. The molecule has 4 heteroatoms. The molecule has 1 amide bonds. The Morgan fingerprint density at radius 2 is 1.96 bits per heavy atom. The zero-order valence-corrected chi connectivity index (χ0v) is 17.4.